The smallest absolute Gasteiger partial charge is 0.315 e. The highest BCUT2D eigenvalue weighted by atomic mass is 16.4. The van der Waals surface area contributed by atoms with E-state index in [-0.39, 0.29) is 18.9 Å². The molecule has 0 aliphatic carbocycles. The van der Waals surface area contributed by atoms with Gasteiger partial charge in [-0.2, -0.15) is 10.2 Å². The number of nitrogens with one attached hydrogen (secondary N) is 2. The van der Waals surface area contributed by atoms with Gasteiger partial charge in [0.05, 0.1) is 18.7 Å². The Balaban J connectivity index is 2.42. The zero-order valence-electron chi connectivity index (χ0n) is 11.0. The Morgan fingerprint density at radius 2 is 2.16 bits per heavy atom. The van der Waals surface area contributed by atoms with E-state index in [1.165, 1.54) is 0 Å². The summed E-state index contributed by atoms with van der Waals surface area (Å²) in [6, 6.07) is 2.65. The molecule has 0 spiro atoms. The van der Waals surface area contributed by atoms with Gasteiger partial charge >= 0.3 is 12.0 Å². The minimum absolute atomic E-state index is 0.0402. The SMILES string of the molecule is CC(C)C(CC(=O)O)NC(=O)NCc1cccnn1. The second-order valence-corrected chi connectivity index (χ2v) is 4.49. The number of carbonyl (C=O) groups excluding carboxylic acids is 1. The first-order valence-corrected chi connectivity index (χ1v) is 6.01. The molecule has 2 amide bonds. The molecule has 0 aliphatic heterocycles. The summed E-state index contributed by atoms with van der Waals surface area (Å²) in [6.45, 7) is 3.96. The van der Waals surface area contributed by atoms with E-state index in [1.807, 2.05) is 13.8 Å². The molecule has 7 heteroatoms. The van der Waals surface area contributed by atoms with Gasteiger partial charge in [0.1, 0.15) is 0 Å². The zero-order chi connectivity index (χ0) is 14.3. The Hall–Kier alpha value is -2.18. The molecule has 0 saturated heterocycles. The lowest BCUT2D eigenvalue weighted by molar-refractivity contribution is -0.137. The molecule has 0 saturated carbocycles. The molecular weight excluding hydrogens is 248 g/mol. The molecular formula is C12H18N4O3. The van der Waals surface area contributed by atoms with E-state index >= 15 is 0 Å². The minimum Gasteiger partial charge on any atom is -0.481 e. The van der Waals surface area contributed by atoms with E-state index < -0.39 is 18.0 Å². The fraction of sp³-hybridized carbons (Fsp3) is 0.500. The average molecular weight is 266 g/mol. The fourth-order valence-corrected chi connectivity index (χ4v) is 1.46. The zero-order valence-corrected chi connectivity index (χ0v) is 11.0. The van der Waals surface area contributed by atoms with Crippen molar-refractivity contribution in [2.24, 2.45) is 5.92 Å². The number of carbonyl (C=O) groups is 2. The number of aromatic nitrogens is 2. The molecule has 0 fully saturated rings. The van der Waals surface area contributed by atoms with Crippen LogP contribution in [0.25, 0.3) is 0 Å². The predicted molar refractivity (Wildman–Crippen MR) is 68.3 cm³/mol. The molecule has 19 heavy (non-hydrogen) atoms. The Bertz CT molecular complexity index is 422. The van der Waals surface area contributed by atoms with Crippen molar-refractivity contribution in [3.8, 4) is 0 Å². The molecule has 1 atom stereocenters. The molecule has 1 aromatic rings. The van der Waals surface area contributed by atoms with Gasteiger partial charge in [0.25, 0.3) is 0 Å². The molecule has 1 aromatic heterocycles. The maximum atomic E-state index is 11.6. The van der Waals surface area contributed by atoms with Crippen LogP contribution < -0.4 is 10.6 Å². The van der Waals surface area contributed by atoms with Crippen LogP contribution >= 0.6 is 0 Å². The molecule has 0 radical (unpaired) electrons. The monoisotopic (exact) mass is 266 g/mol. The van der Waals surface area contributed by atoms with E-state index in [4.69, 9.17) is 5.11 Å². The molecule has 1 heterocycles. The molecule has 1 rings (SSSR count). The summed E-state index contributed by atoms with van der Waals surface area (Å²) in [4.78, 5) is 22.3. The Labute approximate surface area is 111 Å². The maximum Gasteiger partial charge on any atom is 0.315 e. The fourth-order valence-electron chi connectivity index (χ4n) is 1.46. The van der Waals surface area contributed by atoms with Crippen molar-refractivity contribution in [1.29, 1.82) is 0 Å². The van der Waals surface area contributed by atoms with E-state index in [1.54, 1.807) is 18.3 Å². The van der Waals surface area contributed by atoms with Crippen LogP contribution in [0.3, 0.4) is 0 Å². The molecule has 0 bridgehead atoms. The largest absolute Gasteiger partial charge is 0.481 e. The second kappa shape index (κ2) is 7.30. The second-order valence-electron chi connectivity index (χ2n) is 4.49. The summed E-state index contributed by atoms with van der Waals surface area (Å²) in [6.07, 6.45) is 1.45. The highest BCUT2D eigenvalue weighted by molar-refractivity contribution is 5.75. The highest BCUT2D eigenvalue weighted by Crippen LogP contribution is 2.05. The van der Waals surface area contributed by atoms with Crippen molar-refractivity contribution in [1.82, 2.24) is 20.8 Å². The van der Waals surface area contributed by atoms with Crippen LogP contribution in [0.15, 0.2) is 18.3 Å². The van der Waals surface area contributed by atoms with Crippen LogP contribution in [0.1, 0.15) is 26.0 Å². The third-order valence-electron chi connectivity index (χ3n) is 2.57. The van der Waals surface area contributed by atoms with Crippen molar-refractivity contribution < 1.29 is 14.7 Å². The molecule has 0 aromatic carbocycles. The van der Waals surface area contributed by atoms with Crippen LogP contribution in [0.2, 0.25) is 0 Å². The predicted octanol–water partition coefficient (Wildman–Crippen LogP) is 0.775. The number of carboxylic acid groups (broad SMARTS) is 1. The molecule has 3 N–H and O–H groups in total. The highest BCUT2D eigenvalue weighted by Gasteiger charge is 2.19. The summed E-state index contributed by atoms with van der Waals surface area (Å²) >= 11 is 0. The van der Waals surface area contributed by atoms with E-state index in [2.05, 4.69) is 20.8 Å². The van der Waals surface area contributed by atoms with Gasteiger partial charge in [-0.25, -0.2) is 4.79 Å². The standard InChI is InChI=1S/C12H18N4O3/c1-8(2)10(6-11(17)18)15-12(19)13-7-9-4-3-5-14-16-9/h3-5,8,10H,6-7H2,1-2H3,(H,17,18)(H2,13,15,19). The first-order chi connectivity index (χ1) is 8.99. The van der Waals surface area contributed by atoms with Gasteiger partial charge in [0, 0.05) is 12.2 Å². The van der Waals surface area contributed by atoms with E-state index in [9.17, 15) is 9.59 Å². The van der Waals surface area contributed by atoms with Crippen LogP contribution in [0, 0.1) is 5.92 Å². The van der Waals surface area contributed by atoms with Crippen molar-refractivity contribution in [3.05, 3.63) is 24.0 Å². The first kappa shape index (κ1) is 14.9. The van der Waals surface area contributed by atoms with Crippen molar-refractivity contribution in [3.63, 3.8) is 0 Å². The number of carboxylic acids is 1. The lowest BCUT2D eigenvalue weighted by Gasteiger charge is -2.20. The number of hydrogen-bond acceptors (Lipinski definition) is 4. The number of nitrogens with zero attached hydrogens (tertiary/aromatic N) is 2. The summed E-state index contributed by atoms with van der Waals surface area (Å²) < 4.78 is 0. The van der Waals surface area contributed by atoms with Crippen LogP contribution in [0.5, 0.6) is 0 Å². The number of amides is 2. The lowest BCUT2D eigenvalue weighted by Crippen LogP contribution is -2.45. The summed E-state index contributed by atoms with van der Waals surface area (Å²) in [5, 5.41) is 21.5. The van der Waals surface area contributed by atoms with Gasteiger partial charge in [-0.05, 0) is 18.1 Å². The third-order valence-corrected chi connectivity index (χ3v) is 2.57. The van der Waals surface area contributed by atoms with Crippen LogP contribution in [-0.2, 0) is 11.3 Å². The number of urea groups is 1. The number of aliphatic carboxylic acids is 1. The topological polar surface area (TPSA) is 104 Å². The Kier molecular flexibility index (Phi) is 5.72. The molecule has 0 aliphatic rings. The molecule has 1 unspecified atom stereocenters. The summed E-state index contributed by atoms with van der Waals surface area (Å²) in [5.41, 5.74) is 0.636. The average Bonchev–Trinajstić information content (AvgIpc) is 2.36. The first-order valence-electron chi connectivity index (χ1n) is 6.01. The van der Waals surface area contributed by atoms with Gasteiger partial charge in [-0.15, -0.1) is 0 Å². The Morgan fingerprint density at radius 1 is 1.42 bits per heavy atom. The van der Waals surface area contributed by atoms with Crippen LogP contribution in [0.4, 0.5) is 4.79 Å². The van der Waals surface area contributed by atoms with Crippen molar-refractivity contribution >= 4 is 12.0 Å². The normalized spacial score (nSPS) is 11.9. The van der Waals surface area contributed by atoms with Gasteiger partial charge in [0.2, 0.25) is 0 Å². The van der Waals surface area contributed by atoms with E-state index in [0.29, 0.717) is 5.69 Å². The summed E-state index contributed by atoms with van der Waals surface area (Å²) in [7, 11) is 0. The number of hydrogen-bond donors (Lipinski definition) is 3. The van der Waals surface area contributed by atoms with E-state index in [0.717, 1.165) is 0 Å². The quantitative estimate of drug-likeness (QED) is 0.705. The van der Waals surface area contributed by atoms with Gasteiger partial charge in [0.15, 0.2) is 0 Å². The van der Waals surface area contributed by atoms with Gasteiger partial charge in [-0.1, -0.05) is 13.8 Å². The third kappa shape index (κ3) is 5.80. The number of rotatable bonds is 6. The molecule has 104 valence electrons. The van der Waals surface area contributed by atoms with Crippen molar-refractivity contribution in [2.45, 2.75) is 32.9 Å². The maximum absolute atomic E-state index is 11.6. The minimum atomic E-state index is -0.937. The Morgan fingerprint density at radius 3 is 2.68 bits per heavy atom. The van der Waals surface area contributed by atoms with Crippen LogP contribution in [-0.4, -0.2) is 33.3 Å². The van der Waals surface area contributed by atoms with Gasteiger partial charge < -0.3 is 15.7 Å². The van der Waals surface area contributed by atoms with Gasteiger partial charge in [-0.3, -0.25) is 4.79 Å². The lowest BCUT2D eigenvalue weighted by atomic mass is 10.0. The molecule has 7 nitrogen and oxygen atoms in total. The van der Waals surface area contributed by atoms with Crippen molar-refractivity contribution in [2.75, 3.05) is 0 Å². The summed E-state index contributed by atoms with van der Waals surface area (Å²) in [5.74, 6) is -0.897.